The lowest BCUT2D eigenvalue weighted by atomic mass is 9.88. The predicted octanol–water partition coefficient (Wildman–Crippen LogP) is 13.5. The summed E-state index contributed by atoms with van der Waals surface area (Å²) in [6.07, 6.45) is -1.26. The van der Waals surface area contributed by atoms with Crippen molar-refractivity contribution in [2.75, 3.05) is 23.0 Å². The second kappa shape index (κ2) is 16.1. The van der Waals surface area contributed by atoms with Crippen LogP contribution in [-0.2, 0) is 24.8 Å². The number of ether oxygens (including phenoxy) is 1. The Morgan fingerprint density at radius 3 is 2.46 bits per heavy atom. The fourth-order valence-corrected chi connectivity index (χ4v) is 8.14. The van der Waals surface area contributed by atoms with Gasteiger partial charge in [-0.25, -0.2) is 4.98 Å². The van der Waals surface area contributed by atoms with Crippen molar-refractivity contribution in [2.24, 2.45) is 5.89 Å². The second-order valence-electron chi connectivity index (χ2n) is 15.9. The molecule has 0 saturated heterocycles. The Morgan fingerprint density at radius 1 is 0.814 bits per heavy atom. The monoisotopic (exact) mass is 789 g/mol. The van der Waals surface area contributed by atoms with E-state index in [9.17, 15) is 2.74 Å². The topological polar surface area (TPSA) is 33.5 Å². The maximum Gasteiger partial charge on any atom is 0.137 e. The van der Waals surface area contributed by atoms with E-state index in [-0.39, 0.29) is 41.6 Å². The lowest BCUT2D eigenvalue weighted by molar-refractivity contribution is 0.306. The van der Waals surface area contributed by atoms with Crippen LogP contribution in [0.3, 0.4) is 0 Å². The summed E-state index contributed by atoms with van der Waals surface area (Å²) in [4.78, 5) is 9.10. The summed E-state index contributed by atoms with van der Waals surface area (Å²) < 4.78 is 128. The molecular formula is C54H54N4O. The highest BCUT2D eigenvalue weighted by Gasteiger charge is 2.27. The van der Waals surface area contributed by atoms with Crippen molar-refractivity contribution in [3.8, 4) is 22.7 Å². The normalized spacial score (nSPS) is 17.1. The smallest absolute Gasteiger partial charge is 0.137 e. The number of anilines is 3. The summed E-state index contributed by atoms with van der Waals surface area (Å²) in [5.74, 6) is -2.13. The van der Waals surface area contributed by atoms with Crippen LogP contribution in [0.2, 0.25) is 0 Å². The van der Waals surface area contributed by atoms with Gasteiger partial charge in [-0.15, -0.1) is 0 Å². The third-order valence-corrected chi connectivity index (χ3v) is 11.0. The van der Waals surface area contributed by atoms with Gasteiger partial charge in [-0.3, -0.25) is 4.57 Å². The molecule has 3 heterocycles. The van der Waals surface area contributed by atoms with Crippen LogP contribution in [0.25, 0.3) is 38.8 Å². The molecule has 6 aromatic carbocycles. The first-order valence-electron chi connectivity index (χ1n) is 26.9. The molecular weight excluding hydrogens is 721 g/mol. The van der Waals surface area contributed by atoms with Gasteiger partial charge < -0.3 is 14.5 Å². The quantitative estimate of drug-likeness (QED) is 0.123. The van der Waals surface area contributed by atoms with Crippen molar-refractivity contribution < 1.29 is 23.9 Å². The maximum absolute atomic E-state index is 9.22. The molecule has 0 bridgehead atoms. The summed E-state index contributed by atoms with van der Waals surface area (Å²) >= 11 is 0. The summed E-state index contributed by atoms with van der Waals surface area (Å²) in [5, 5.41) is 2.20. The molecule has 0 aliphatic carbocycles. The molecule has 0 fully saturated rings. The van der Waals surface area contributed by atoms with Crippen molar-refractivity contribution in [3.05, 3.63) is 180 Å². The molecule has 8 aromatic rings. The number of hydrogen-bond acceptors (Lipinski definition) is 4. The van der Waals surface area contributed by atoms with Crippen LogP contribution in [0.4, 0.5) is 17.1 Å². The van der Waals surface area contributed by atoms with Gasteiger partial charge in [-0.05, 0) is 119 Å². The van der Waals surface area contributed by atoms with E-state index in [1.165, 1.54) is 23.8 Å². The Labute approximate surface area is 369 Å². The van der Waals surface area contributed by atoms with Crippen molar-refractivity contribution in [3.63, 3.8) is 0 Å². The molecule has 1 aliphatic heterocycles. The van der Waals surface area contributed by atoms with Gasteiger partial charge in [0.15, 0.2) is 0 Å². The first-order chi connectivity index (χ1) is 34.3. The highest BCUT2D eigenvalue weighted by molar-refractivity contribution is 6.09. The van der Waals surface area contributed by atoms with Crippen LogP contribution in [0.15, 0.2) is 158 Å². The van der Waals surface area contributed by atoms with E-state index < -0.39 is 61.7 Å². The van der Waals surface area contributed by atoms with Crippen LogP contribution < -0.4 is 14.5 Å². The molecule has 0 spiro atoms. The van der Waals surface area contributed by atoms with Gasteiger partial charge in [0, 0.05) is 47.6 Å². The van der Waals surface area contributed by atoms with Crippen molar-refractivity contribution in [2.45, 2.75) is 65.7 Å². The summed E-state index contributed by atoms with van der Waals surface area (Å²) in [6, 6.07) is 35.5. The molecule has 0 radical (unpaired) electrons. The summed E-state index contributed by atoms with van der Waals surface area (Å²) in [7, 11) is 0. The number of nitrogens with zero attached hydrogens (tertiary/aromatic N) is 4. The molecule has 1 aliphatic rings. The van der Waals surface area contributed by atoms with Gasteiger partial charge in [-0.1, -0.05) is 125 Å². The van der Waals surface area contributed by atoms with Gasteiger partial charge in [0.1, 0.15) is 18.2 Å². The molecule has 296 valence electrons. The molecule has 9 rings (SSSR count). The molecule has 59 heavy (non-hydrogen) atoms. The lowest BCUT2D eigenvalue weighted by Crippen LogP contribution is -2.29. The SMILES string of the molecule is [2H]c1c([2H])c([2H])c(-c2cccc(C([2H])([2H])C([2H])(C([2H])([2H])[2H])C([2H])([2H])[2H])c2CCCN2CN(c3cccc(COc4ccc5c6ccccc6n(-c6cc(C(C)(C)C)ccn6)c5c4)c3)c3ccccc32)c([2H])c1[2H]. The average molecular weight is 789 g/mol. The molecule has 0 saturated carbocycles. The molecule has 0 N–H and O–H groups in total. The number of rotatable bonds is 12. The zero-order valence-electron chi connectivity index (χ0n) is 47.4. The largest absolute Gasteiger partial charge is 0.489 e. The zero-order valence-corrected chi connectivity index (χ0v) is 33.4. The molecule has 0 amide bonds. The van der Waals surface area contributed by atoms with Gasteiger partial charge >= 0.3 is 0 Å². The minimum atomic E-state index is -3.65. The predicted molar refractivity (Wildman–Crippen MR) is 248 cm³/mol. The van der Waals surface area contributed by atoms with Gasteiger partial charge in [-0.2, -0.15) is 0 Å². The first-order valence-corrected chi connectivity index (χ1v) is 19.9. The number of para-hydroxylation sites is 3. The molecule has 0 unspecified atom stereocenters. The molecule has 5 nitrogen and oxygen atoms in total. The average Bonchev–Trinajstić information content (AvgIpc) is 3.89. The Morgan fingerprint density at radius 2 is 1.61 bits per heavy atom. The zero-order chi connectivity index (χ0) is 52.6. The van der Waals surface area contributed by atoms with Gasteiger partial charge in [0.25, 0.3) is 0 Å². The van der Waals surface area contributed by atoms with Crippen LogP contribution in [-0.4, -0.2) is 22.8 Å². The van der Waals surface area contributed by atoms with Crippen LogP contribution in [0.1, 0.15) is 82.3 Å². The molecule has 2 aromatic heterocycles. The maximum atomic E-state index is 9.22. The molecule has 0 atom stereocenters. The molecule has 5 heteroatoms. The Balaban J connectivity index is 0.995. The Kier molecular flexibility index (Phi) is 6.90. The van der Waals surface area contributed by atoms with E-state index in [2.05, 4.69) is 77.6 Å². The second-order valence-corrected chi connectivity index (χ2v) is 15.9. The van der Waals surface area contributed by atoms with E-state index >= 15 is 0 Å². The van der Waals surface area contributed by atoms with Crippen LogP contribution >= 0.6 is 0 Å². The third-order valence-electron chi connectivity index (χ3n) is 11.0. The number of pyridine rings is 1. The number of fused-ring (bicyclic) bond motifs is 4. The highest BCUT2D eigenvalue weighted by Crippen LogP contribution is 2.41. The number of aromatic nitrogens is 2. The highest BCUT2D eigenvalue weighted by atomic mass is 16.5. The Bertz CT molecular complexity index is 3370. The van der Waals surface area contributed by atoms with Crippen molar-refractivity contribution in [1.82, 2.24) is 9.55 Å². The summed E-state index contributed by atoms with van der Waals surface area (Å²) in [5.41, 5.74) is 6.18. The van der Waals surface area contributed by atoms with E-state index in [1.807, 2.05) is 66.9 Å². The minimum absolute atomic E-state index is 0.0180. The fraction of sp³-hybridized carbons (Fsp3) is 0.241. The van der Waals surface area contributed by atoms with Crippen LogP contribution in [0.5, 0.6) is 5.75 Å². The van der Waals surface area contributed by atoms with Gasteiger partial charge in [0.05, 0.1) is 35.9 Å². The minimum Gasteiger partial charge on any atom is -0.489 e. The van der Waals surface area contributed by atoms with Gasteiger partial charge in [0.2, 0.25) is 0 Å². The Hall–Kier alpha value is -6.33. The van der Waals surface area contributed by atoms with E-state index in [0.29, 0.717) is 19.0 Å². The first kappa shape index (κ1) is 25.2. The third kappa shape index (κ3) is 7.82. The van der Waals surface area contributed by atoms with Crippen LogP contribution in [0, 0.1) is 5.89 Å². The van der Waals surface area contributed by atoms with E-state index in [4.69, 9.17) is 26.2 Å². The van der Waals surface area contributed by atoms with E-state index in [1.54, 1.807) is 0 Å². The summed E-state index contributed by atoms with van der Waals surface area (Å²) in [6.45, 7) is 0.332. The standard InChI is InChI=1S/C54H54N4O/c1-38(2)32-41-19-14-22-45(40-17-7-6-8-18-40)46(41)23-15-31-56-37-57(51-26-12-11-25-50(51)56)43-20-13-16-39(33-43)36-59-44-27-28-48-47-21-9-10-24-49(47)58(52(48)35-44)53-34-42(29-30-55-53)54(3,4)5/h6-14,16-22,24-30,33-35,38H,15,23,31-32,36-37H2,1-5H3/i1D3,2D3,6D,7D,8D,17D,18D,32D2,38D. The van der Waals surface area contributed by atoms with Crippen molar-refractivity contribution in [1.29, 1.82) is 0 Å². The van der Waals surface area contributed by atoms with Crippen molar-refractivity contribution >= 4 is 38.9 Å². The fourth-order valence-electron chi connectivity index (χ4n) is 8.14. The van der Waals surface area contributed by atoms with E-state index in [0.717, 1.165) is 50.2 Å². The number of benzene rings is 6. The lowest BCUT2D eigenvalue weighted by Gasteiger charge is -2.23. The number of hydrogen-bond donors (Lipinski definition) is 0.